The van der Waals surface area contributed by atoms with Crippen molar-refractivity contribution in [2.45, 2.75) is 93.8 Å². The van der Waals surface area contributed by atoms with Crippen molar-refractivity contribution in [3.63, 3.8) is 0 Å². The number of sulfonamides is 1. The second kappa shape index (κ2) is 16.3. The van der Waals surface area contributed by atoms with Crippen LogP contribution in [0.15, 0.2) is 30.3 Å². The first-order valence-electron chi connectivity index (χ1n) is 20.2. The number of aromatic nitrogens is 5. The Labute approximate surface area is 384 Å². The van der Waals surface area contributed by atoms with Crippen molar-refractivity contribution < 1.29 is 69.9 Å². The maximum atomic E-state index is 15.9. The molecule has 5 aromatic rings. The van der Waals surface area contributed by atoms with E-state index in [9.17, 15) is 56.8 Å². The predicted molar refractivity (Wildman–Crippen MR) is 224 cm³/mol. The van der Waals surface area contributed by atoms with Crippen LogP contribution in [0, 0.1) is 29.4 Å². The topological polar surface area (TPSA) is 158 Å². The molecular weight excluding hydrogens is 991 g/mol. The molecule has 68 heavy (non-hydrogen) atoms. The highest BCUT2D eigenvalue weighted by molar-refractivity contribution is 7.92. The molecule has 364 valence electrons. The van der Waals surface area contributed by atoms with Gasteiger partial charge in [-0.3, -0.25) is 18.9 Å². The van der Waals surface area contributed by atoms with Crippen LogP contribution in [-0.2, 0) is 69.1 Å². The largest absolute Gasteiger partial charge is 0.435 e. The fraction of sp³-hybridized carbons (Fsp3) is 0.429. The zero-order chi connectivity index (χ0) is 50.0. The third kappa shape index (κ3) is 9.22. The van der Waals surface area contributed by atoms with Gasteiger partial charge in [-0.25, -0.2) is 35.0 Å². The molecule has 26 heteroatoms. The van der Waals surface area contributed by atoms with Gasteiger partial charge in [-0.2, -0.15) is 45.3 Å². The number of hydrogen-bond acceptors (Lipinski definition) is 8. The minimum atomic E-state index is -5.22. The van der Waals surface area contributed by atoms with E-state index in [1.165, 1.54) is 13.8 Å². The molecule has 0 aliphatic heterocycles. The summed E-state index contributed by atoms with van der Waals surface area (Å²) in [6.07, 6.45) is -12.5. The van der Waals surface area contributed by atoms with Crippen LogP contribution in [0.3, 0.4) is 0 Å². The van der Waals surface area contributed by atoms with Gasteiger partial charge in [0.15, 0.2) is 21.3 Å². The van der Waals surface area contributed by atoms with E-state index in [1.54, 1.807) is 0 Å². The number of carbonyl (C=O) groups is 1. The number of nitrogens with zero attached hydrogens (tertiary/aromatic N) is 5. The van der Waals surface area contributed by atoms with Gasteiger partial charge in [0.25, 0.3) is 5.92 Å². The van der Waals surface area contributed by atoms with Crippen LogP contribution in [0.25, 0.3) is 22.0 Å². The molecule has 0 spiro atoms. The van der Waals surface area contributed by atoms with Gasteiger partial charge in [0.05, 0.1) is 33.9 Å². The van der Waals surface area contributed by atoms with Crippen LogP contribution in [0.5, 0.6) is 0 Å². The molecule has 2 aromatic carbocycles. The number of benzene rings is 2. The summed E-state index contributed by atoms with van der Waals surface area (Å²) < 4.78 is 213. The molecule has 12 nitrogen and oxygen atoms in total. The van der Waals surface area contributed by atoms with Crippen molar-refractivity contribution >= 4 is 54.1 Å². The van der Waals surface area contributed by atoms with E-state index >= 15 is 13.2 Å². The van der Waals surface area contributed by atoms with E-state index in [2.05, 4.69) is 32.3 Å². The van der Waals surface area contributed by atoms with Crippen LogP contribution in [-0.4, -0.2) is 76.9 Å². The van der Waals surface area contributed by atoms with Crippen LogP contribution >= 0.6 is 11.6 Å². The second-order valence-corrected chi connectivity index (χ2v) is 22.2. The number of nitrogens with one attached hydrogen (secondary N) is 2. The smallest absolute Gasteiger partial charge is 0.346 e. The van der Waals surface area contributed by atoms with Crippen molar-refractivity contribution in [1.29, 1.82) is 0 Å². The number of halogens is 12. The zero-order valence-electron chi connectivity index (χ0n) is 35.6. The number of anilines is 1. The van der Waals surface area contributed by atoms with E-state index in [4.69, 9.17) is 11.6 Å². The minimum absolute atomic E-state index is 0.00183. The van der Waals surface area contributed by atoms with Crippen molar-refractivity contribution in [2.75, 3.05) is 17.2 Å². The first-order valence-corrected chi connectivity index (χ1v) is 24.4. The number of hydrogen-bond donors (Lipinski definition) is 2. The first-order chi connectivity index (χ1) is 31.2. The minimum Gasteiger partial charge on any atom is -0.346 e. The lowest BCUT2D eigenvalue weighted by Gasteiger charge is -2.25. The molecule has 0 saturated heterocycles. The Morgan fingerprint density at radius 2 is 1.62 bits per heavy atom. The van der Waals surface area contributed by atoms with Gasteiger partial charge >= 0.3 is 12.4 Å². The molecule has 0 bridgehead atoms. The van der Waals surface area contributed by atoms with E-state index in [0.29, 0.717) is 17.0 Å². The van der Waals surface area contributed by atoms with Crippen molar-refractivity contribution in [2.24, 2.45) is 5.92 Å². The molecule has 4 atom stereocenters. The Balaban J connectivity index is 1.41. The summed E-state index contributed by atoms with van der Waals surface area (Å²) in [5.74, 6) is -5.62. The van der Waals surface area contributed by atoms with Gasteiger partial charge in [0.2, 0.25) is 15.9 Å². The Bertz CT molecular complexity index is 3230. The summed E-state index contributed by atoms with van der Waals surface area (Å²) in [7, 11) is -8.22. The van der Waals surface area contributed by atoms with E-state index in [-0.39, 0.29) is 49.6 Å². The Morgan fingerprint density at radius 3 is 2.22 bits per heavy atom. The first kappa shape index (κ1) is 49.0. The Kier molecular flexibility index (Phi) is 11.7. The summed E-state index contributed by atoms with van der Waals surface area (Å²) in [6, 6.07) is 2.57. The number of carbonyl (C=O) groups excluding carboxylic acids is 1. The van der Waals surface area contributed by atoms with E-state index in [1.807, 2.05) is 4.72 Å². The van der Waals surface area contributed by atoms with Crippen LogP contribution < -0.4 is 10.0 Å². The molecule has 1 fully saturated rings. The summed E-state index contributed by atoms with van der Waals surface area (Å²) in [5, 5.41) is 8.96. The summed E-state index contributed by atoms with van der Waals surface area (Å²) >= 11 is 6.54. The standard InChI is InChI=1S/C42H35ClF11N7O5S2/c1-39(2,67(3,63)64)8-7-28-23-13-21(46)14-24(23)31(22-5-6-27(43)33-35(22)61(17-40(47,48)49)58-38(33)59-68(4,65)66)34(56-28)29(11-18-9-19(44)12-20(45)10-18)55-30(62)16-60-37-32(36(57-60)42(52,53)54)25-15-26(25)41(37,50)51/h5-6,9-10,12,21,25-26,29H,11,13-17H2,1-4H3,(H,55,62)(H,58,59)/t21-,25-,26+,29-/m0/s1. The zero-order valence-corrected chi connectivity index (χ0v) is 38.0. The fourth-order valence-corrected chi connectivity index (χ4v) is 9.75. The SMILES string of the molecule is CC(C)(C#Cc1nc([C@H](Cc2cc(F)cc(F)c2)NC(=O)Cn2nc(C(F)(F)F)c3c2C(F)(F)[C@@H]2C[C@H]32)c(-c2ccc(Cl)c3c(NS(C)(=O)=O)nn(CC(F)(F)F)c23)c2c1C[C@H](F)C2)S(C)(=O)=O. The van der Waals surface area contributed by atoms with E-state index in [0.717, 1.165) is 30.5 Å². The highest BCUT2D eigenvalue weighted by atomic mass is 35.5. The molecule has 0 radical (unpaired) electrons. The summed E-state index contributed by atoms with van der Waals surface area (Å²) in [6.45, 7) is -0.719. The second-order valence-electron chi connectivity index (χ2n) is 17.5. The highest BCUT2D eigenvalue weighted by Crippen LogP contribution is 2.68. The molecule has 2 N–H and O–H groups in total. The van der Waals surface area contributed by atoms with Crippen molar-refractivity contribution in [3.8, 4) is 23.0 Å². The molecule has 1 saturated carbocycles. The summed E-state index contributed by atoms with van der Waals surface area (Å²) in [5.41, 5.74) is -5.76. The number of sulfone groups is 1. The predicted octanol–water partition coefficient (Wildman–Crippen LogP) is 8.10. The molecular formula is C42H35ClF11N7O5S2. The van der Waals surface area contributed by atoms with Crippen molar-refractivity contribution in [3.05, 3.63) is 92.0 Å². The third-order valence-corrected chi connectivity index (χ3v) is 14.8. The lowest BCUT2D eigenvalue weighted by Crippen LogP contribution is -2.35. The lowest BCUT2D eigenvalue weighted by molar-refractivity contribution is -0.142. The number of pyridine rings is 1. The molecule has 3 aromatic heterocycles. The monoisotopic (exact) mass is 1030 g/mol. The highest BCUT2D eigenvalue weighted by Gasteiger charge is 2.68. The van der Waals surface area contributed by atoms with Gasteiger partial charge in [0.1, 0.15) is 47.0 Å². The van der Waals surface area contributed by atoms with Crippen LogP contribution in [0.4, 0.5) is 54.1 Å². The van der Waals surface area contributed by atoms with Gasteiger partial charge in [-0.15, -0.1) is 0 Å². The average molecular weight is 1030 g/mol. The van der Waals surface area contributed by atoms with E-state index < -0.39 is 156 Å². The average Bonchev–Trinajstić information content (AvgIpc) is 3.43. The Morgan fingerprint density at radius 1 is 0.971 bits per heavy atom. The number of fused-ring (bicyclic) bond motifs is 5. The van der Waals surface area contributed by atoms with Gasteiger partial charge < -0.3 is 5.32 Å². The molecule has 1 amide bonds. The molecule has 3 aliphatic rings. The fourth-order valence-electron chi connectivity index (χ4n) is 8.77. The van der Waals surface area contributed by atoms with Crippen molar-refractivity contribution in [1.82, 2.24) is 29.9 Å². The van der Waals surface area contributed by atoms with Gasteiger partial charge in [-0.05, 0) is 73.4 Å². The number of alkyl halides is 9. The van der Waals surface area contributed by atoms with Gasteiger partial charge in [-0.1, -0.05) is 23.6 Å². The third-order valence-electron chi connectivity index (χ3n) is 11.9. The molecule has 0 unspecified atom stereocenters. The normalized spacial score (nSPS) is 19.3. The number of amides is 1. The maximum Gasteiger partial charge on any atom is 0.435 e. The quantitative estimate of drug-likeness (QED) is 0.0993. The van der Waals surface area contributed by atoms with Gasteiger partial charge in [0, 0.05) is 47.8 Å². The van der Waals surface area contributed by atoms with Crippen LogP contribution in [0.1, 0.15) is 77.3 Å². The molecule has 3 aliphatic carbocycles. The molecule has 8 rings (SSSR count). The maximum absolute atomic E-state index is 15.9. The summed E-state index contributed by atoms with van der Waals surface area (Å²) in [4.78, 5) is 18.9. The Hall–Kier alpha value is -5.48. The van der Waals surface area contributed by atoms with Crippen LogP contribution in [0.2, 0.25) is 5.02 Å². The lowest BCUT2D eigenvalue weighted by atomic mass is 9.88. The molecule has 3 heterocycles. The number of rotatable bonds is 11.